The van der Waals surface area contributed by atoms with E-state index in [0.29, 0.717) is 4.47 Å². The van der Waals surface area contributed by atoms with Crippen molar-refractivity contribution in [2.75, 3.05) is 12.4 Å². The molecule has 0 bridgehead atoms. The summed E-state index contributed by atoms with van der Waals surface area (Å²) in [6.07, 6.45) is 0. The number of carboxylic acid groups (broad SMARTS) is 1. The number of aromatic carboxylic acids is 1. The van der Waals surface area contributed by atoms with E-state index < -0.39 is 34.4 Å². The highest BCUT2D eigenvalue weighted by molar-refractivity contribution is 9.10. The zero-order valence-electron chi connectivity index (χ0n) is 9.37. The number of benzene rings is 1. The molecule has 0 amide bonds. The third-order valence-electron chi connectivity index (χ3n) is 2.01. The molecule has 0 aliphatic heterocycles. The largest absolute Gasteiger partial charge is 0.478 e. The molecule has 104 valence electrons. The molecule has 0 radical (unpaired) electrons. The van der Waals surface area contributed by atoms with Crippen LogP contribution < -0.4 is 0 Å². The Morgan fingerprint density at radius 2 is 1.95 bits per heavy atom. The van der Waals surface area contributed by atoms with Gasteiger partial charge in [0.1, 0.15) is 12.4 Å². The molecule has 9 heteroatoms. The molecule has 0 saturated heterocycles. The lowest BCUT2D eigenvalue weighted by Crippen LogP contribution is -2.15. The molecule has 0 atom stereocenters. The molecule has 19 heavy (non-hydrogen) atoms. The predicted molar refractivity (Wildman–Crippen MR) is 67.8 cm³/mol. The fourth-order valence-corrected chi connectivity index (χ4v) is 1.85. The van der Waals surface area contributed by atoms with Crippen LogP contribution in [0.15, 0.2) is 22.7 Å². The average Bonchev–Trinajstić information content (AvgIpc) is 2.27. The number of carboxylic acids is 1. The summed E-state index contributed by atoms with van der Waals surface area (Å²) in [6.45, 7) is -0.518. The predicted octanol–water partition coefficient (Wildman–Crippen LogP) is 1.19. The molecule has 0 heterocycles. The van der Waals surface area contributed by atoms with Gasteiger partial charge in [-0.05, 0) is 34.1 Å². The van der Waals surface area contributed by atoms with Crippen LogP contribution in [0.1, 0.15) is 20.7 Å². The highest BCUT2D eigenvalue weighted by Crippen LogP contribution is 2.18. The summed E-state index contributed by atoms with van der Waals surface area (Å²) >= 11 is 3.01. The van der Waals surface area contributed by atoms with Crippen LogP contribution in [0, 0.1) is 0 Å². The third-order valence-corrected chi connectivity index (χ3v) is 3.38. The molecule has 0 fully saturated rings. The lowest BCUT2D eigenvalue weighted by molar-refractivity contribution is 0.0528. The van der Waals surface area contributed by atoms with Gasteiger partial charge in [-0.25, -0.2) is 9.59 Å². The number of carbonyl (C=O) groups excluding carboxylic acids is 1. The lowest BCUT2D eigenvalue weighted by atomic mass is 10.1. The molecule has 0 aliphatic carbocycles. The monoisotopic (exact) mass is 352 g/mol. The van der Waals surface area contributed by atoms with Crippen LogP contribution in [-0.4, -0.2) is 42.4 Å². The van der Waals surface area contributed by atoms with Crippen molar-refractivity contribution in [3.05, 3.63) is 33.8 Å². The SMILES string of the molecule is O=C(OCCS(=O)(=O)O)c1ccc(Br)c(C(=O)O)c1. The second kappa shape index (κ2) is 6.13. The van der Waals surface area contributed by atoms with E-state index in [1.165, 1.54) is 12.1 Å². The number of carbonyl (C=O) groups is 2. The zero-order valence-corrected chi connectivity index (χ0v) is 11.8. The minimum atomic E-state index is -4.21. The standard InChI is InChI=1S/C10H9BrO7S/c11-8-2-1-6(5-7(8)9(12)13)10(14)18-3-4-19(15,16)17/h1-2,5H,3-4H2,(H,12,13)(H,15,16,17). The molecular weight excluding hydrogens is 344 g/mol. The lowest BCUT2D eigenvalue weighted by Gasteiger charge is -2.05. The topological polar surface area (TPSA) is 118 Å². The number of ether oxygens (including phenoxy) is 1. The van der Waals surface area contributed by atoms with Crippen LogP contribution in [0.5, 0.6) is 0 Å². The maximum Gasteiger partial charge on any atom is 0.338 e. The minimum absolute atomic E-state index is 0.0315. The summed E-state index contributed by atoms with van der Waals surface area (Å²) in [5, 5.41) is 8.86. The molecule has 0 aliphatic rings. The minimum Gasteiger partial charge on any atom is -0.478 e. The summed E-state index contributed by atoms with van der Waals surface area (Å²) in [7, 11) is -4.21. The maximum absolute atomic E-state index is 11.5. The Hall–Kier alpha value is -1.45. The van der Waals surface area contributed by atoms with Crippen LogP contribution in [0.25, 0.3) is 0 Å². The Kier molecular flexibility index (Phi) is 5.04. The molecule has 7 nitrogen and oxygen atoms in total. The van der Waals surface area contributed by atoms with Crippen LogP contribution >= 0.6 is 15.9 Å². The second-order valence-corrected chi connectivity index (χ2v) is 5.85. The molecule has 0 saturated carbocycles. The number of hydrogen-bond acceptors (Lipinski definition) is 5. The Labute approximate surface area is 117 Å². The van der Waals surface area contributed by atoms with Gasteiger partial charge in [0.2, 0.25) is 0 Å². The molecule has 1 aromatic rings. The van der Waals surface area contributed by atoms with E-state index in [0.717, 1.165) is 6.07 Å². The summed E-state index contributed by atoms with van der Waals surface area (Å²) in [6, 6.07) is 3.79. The first kappa shape index (κ1) is 15.6. The van der Waals surface area contributed by atoms with Crippen molar-refractivity contribution in [1.82, 2.24) is 0 Å². The highest BCUT2D eigenvalue weighted by Gasteiger charge is 2.15. The van der Waals surface area contributed by atoms with Crippen molar-refractivity contribution in [1.29, 1.82) is 0 Å². The number of halogens is 1. The third kappa shape index (κ3) is 4.97. The first-order chi connectivity index (χ1) is 8.70. The second-order valence-electron chi connectivity index (χ2n) is 3.42. The summed E-state index contributed by atoms with van der Waals surface area (Å²) in [5.41, 5.74) is -0.153. The van der Waals surface area contributed by atoms with E-state index in [2.05, 4.69) is 20.7 Å². The van der Waals surface area contributed by atoms with Gasteiger partial charge in [0, 0.05) is 4.47 Å². The van der Waals surface area contributed by atoms with Gasteiger partial charge in [-0.3, -0.25) is 4.55 Å². The van der Waals surface area contributed by atoms with E-state index in [-0.39, 0.29) is 11.1 Å². The molecule has 0 unspecified atom stereocenters. The van der Waals surface area contributed by atoms with Crippen molar-refractivity contribution in [3.63, 3.8) is 0 Å². The van der Waals surface area contributed by atoms with Crippen LogP contribution in [0.4, 0.5) is 0 Å². The van der Waals surface area contributed by atoms with Crippen molar-refractivity contribution in [3.8, 4) is 0 Å². The van der Waals surface area contributed by atoms with E-state index in [1.807, 2.05) is 0 Å². The van der Waals surface area contributed by atoms with Crippen molar-refractivity contribution < 1.29 is 32.4 Å². The van der Waals surface area contributed by atoms with E-state index in [9.17, 15) is 18.0 Å². The van der Waals surface area contributed by atoms with Gasteiger partial charge < -0.3 is 9.84 Å². The van der Waals surface area contributed by atoms with Crippen LogP contribution in [0.2, 0.25) is 0 Å². The smallest absolute Gasteiger partial charge is 0.338 e. The Morgan fingerprint density at radius 3 is 2.47 bits per heavy atom. The van der Waals surface area contributed by atoms with Gasteiger partial charge in [-0.15, -0.1) is 0 Å². The molecule has 1 aromatic carbocycles. The highest BCUT2D eigenvalue weighted by atomic mass is 79.9. The zero-order chi connectivity index (χ0) is 14.6. The number of esters is 1. The number of hydrogen-bond donors (Lipinski definition) is 2. The van der Waals surface area contributed by atoms with Crippen LogP contribution in [-0.2, 0) is 14.9 Å². The van der Waals surface area contributed by atoms with Crippen LogP contribution in [0.3, 0.4) is 0 Å². The van der Waals surface area contributed by atoms with E-state index >= 15 is 0 Å². The Morgan fingerprint density at radius 1 is 1.32 bits per heavy atom. The quantitative estimate of drug-likeness (QED) is 0.603. The van der Waals surface area contributed by atoms with Crippen molar-refractivity contribution in [2.45, 2.75) is 0 Å². The molecule has 0 spiro atoms. The fourth-order valence-electron chi connectivity index (χ4n) is 1.14. The van der Waals surface area contributed by atoms with E-state index in [1.54, 1.807) is 0 Å². The Balaban J connectivity index is 2.78. The summed E-state index contributed by atoms with van der Waals surface area (Å²) in [4.78, 5) is 22.4. The first-order valence-corrected chi connectivity index (χ1v) is 7.26. The van der Waals surface area contributed by atoms with Gasteiger partial charge >= 0.3 is 11.9 Å². The van der Waals surface area contributed by atoms with Gasteiger partial charge in [0.25, 0.3) is 10.1 Å². The summed E-state index contributed by atoms with van der Waals surface area (Å²) < 4.78 is 34.2. The van der Waals surface area contributed by atoms with Gasteiger partial charge in [-0.2, -0.15) is 8.42 Å². The van der Waals surface area contributed by atoms with Gasteiger partial charge in [-0.1, -0.05) is 0 Å². The maximum atomic E-state index is 11.5. The Bertz CT molecular complexity index is 608. The van der Waals surface area contributed by atoms with Gasteiger partial charge in [0.05, 0.1) is 11.1 Å². The summed E-state index contributed by atoms with van der Waals surface area (Å²) in [5.74, 6) is -2.82. The van der Waals surface area contributed by atoms with Gasteiger partial charge in [0.15, 0.2) is 0 Å². The number of rotatable bonds is 5. The molecule has 1 rings (SSSR count). The average molecular weight is 353 g/mol. The van der Waals surface area contributed by atoms with Crippen molar-refractivity contribution >= 4 is 38.0 Å². The van der Waals surface area contributed by atoms with E-state index in [4.69, 9.17) is 9.66 Å². The normalized spacial score (nSPS) is 11.1. The first-order valence-electron chi connectivity index (χ1n) is 4.86. The van der Waals surface area contributed by atoms with Crippen molar-refractivity contribution in [2.24, 2.45) is 0 Å². The molecule has 0 aromatic heterocycles. The molecular formula is C10H9BrO7S. The molecule has 2 N–H and O–H groups in total. The fraction of sp³-hybridized carbons (Fsp3) is 0.200.